The van der Waals surface area contributed by atoms with Crippen molar-refractivity contribution in [3.8, 4) is 0 Å². The Bertz CT molecular complexity index is 533. The van der Waals surface area contributed by atoms with Crippen LogP contribution in [0, 0.1) is 6.92 Å². The molecule has 0 saturated heterocycles. The number of hydrogen-bond donors (Lipinski definition) is 2. The number of aryl methyl sites for hydroxylation is 1. The van der Waals surface area contributed by atoms with Gasteiger partial charge in [-0.2, -0.15) is 5.21 Å². The molecule has 1 amide bonds. The lowest BCUT2D eigenvalue weighted by molar-refractivity contribution is -0.111. The molecule has 0 bridgehead atoms. The minimum absolute atomic E-state index is 0.136. The molecule has 0 aliphatic carbocycles. The lowest BCUT2D eigenvalue weighted by atomic mass is 10.2. The van der Waals surface area contributed by atoms with Crippen LogP contribution < -0.4 is 5.32 Å². The fourth-order valence-electron chi connectivity index (χ4n) is 1.19. The van der Waals surface area contributed by atoms with Crippen LogP contribution in [0.1, 0.15) is 11.3 Å². The zero-order chi connectivity index (χ0) is 12.1. The number of H-pyrrole nitrogens is 1. The summed E-state index contributed by atoms with van der Waals surface area (Å²) in [4.78, 5) is 15.6. The topological polar surface area (TPSA) is 96.5 Å². The molecule has 2 rings (SSSR count). The Kier molecular flexibility index (Phi) is 3.20. The van der Waals surface area contributed by atoms with Crippen LogP contribution in [0.3, 0.4) is 0 Å². The molecular weight excluding hydrogens is 220 g/mol. The molecular formula is C10H10N6O. The first-order valence-electron chi connectivity index (χ1n) is 4.90. The first kappa shape index (κ1) is 10.9. The average Bonchev–Trinajstić information content (AvgIpc) is 2.81. The SMILES string of the molecule is Cc1cccnc1C=CC(=O)Nc1nn[nH]n1. The van der Waals surface area contributed by atoms with Crippen molar-refractivity contribution in [2.24, 2.45) is 0 Å². The number of nitrogens with zero attached hydrogens (tertiary/aromatic N) is 4. The van der Waals surface area contributed by atoms with Crippen LogP contribution in [0.4, 0.5) is 5.95 Å². The van der Waals surface area contributed by atoms with Crippen molar-refractivity contribution in [3.05, 3.63) is 35.7 Å². The van der Waals surface area contributed by atoms with Gasteiger partial charge in [-0.05, 0) is 29.8 Å². The summed E-state index contributed by atoms with van der Waals surface area (Å²) in [6.07, 6.45) is 4.67. The Balaban J connectivity index is 2.01. The minimum atomic E-state index is -0.337. The minimum Gasteiger partial charge on any atom is -0.288 e. The molecule has 2 heterocycles. The highest BCUT2D eigenvalue weighted by atomic mass is 16.1. The Morgan fingerprint density at radius 3 is 3.12 bits per heavy atom. The summed E-state index contributed by atoms with van der Waals surface area (Å²) in [5.41, 5.74) is 1.74. The highest BCUT2D eigenvalue weighted by molar-refractivity contribution is 6.00. The second kappa shape index (κ2) is 4.97. The van der Waals surface area contributed by atoms with Gasteiger partial charge in [0.1, 0.15) is 0 Å². The molecule has 2 aromatic heterocycles. The van der Waals surface area contributed by atoms with Crippen molar-refractivity contribution in [3.63, 3.8) is 0 Å². The fraction of sp³-hybridized carbons (Fsp3) is 0.100. The van der Waals surface area contributed by atoms with Crippen molar-refractivity contribution >= 4 is 17.9 Å². The number of pyridine rings is 1. The van der Waals surface area contributed by atoms with Crippen LogP contribution in [0.15, 0.2) is 24.4 Å². The zero-order valence-electron chi connectivity index (χ0n) is 9.08. The van der Waals surface area contributed by atoms with Gasteiger partial charge in [-0.25, -0.2) is 0 Å². The normalized spacial score (nSPS) is 10.6. The van der Waals surface area contributed by atoms with E-state index in [1.54, 1.807) is 12.3 Å². The maximum atomic E-state index is 11.4. The number of nitrogens with one attached hydrogen (secondary N) is 2. The van der Waals surface area contributed by atoms with Gasteiger partial charge in [-0.1, -0.05) is 11.2 Å². The predicted octanol–water partition coefficient (Wildman–Crippen LogP) is 0.555. The molecule has 0 aliphatic heterocycles. The van der Waals surface area contributed by atoms with Gasteiger partial charge in [0.05, 0.1) is 5.69 Å². The van der Waals surface area contributed by atoms with Gasteiger partial charge in [-0.3, -0.25) is 15.1 Å². The van der Waals surface area contributed by atoms with Gasteiger partial charge in [0.15, 0.2) is 0 Å². The van der Waals surface area contributed by atoms with E-state index in [1.165, 1.54) is 6.08 Å². The van der Waals surface area contributed by atoms with Crippen LogP contribution in [-0.4, -0.2) is 31.5 Å². The van der Waals surface area contributed by atoms with Gasteiger partial charge < -0.3 is 0 Å². The van der Waals surface area contributed by atoms with E-state index in [1.807, 2.05) is 19.1 Å². The molecule has 2 N–H and O–H groups in total. The highest BCUT2D eigenvalue weighted by Gasteiger charge is 2.01. The molecule has 0 atom stereocenters. The van der Waals surface area contributed by atoms with Gasteiger partial charge in [0, 0.05) is 12.3 Å². The molecule has 0 radical (unpaired) electrons. The van der Waals surface area contributed by atoms with E-state index >= 15 is 0 Å². The summed E-state index contributed by atoms with van der Waals surface area (Å²) < 4.78 is 0. The van der Waals surface area contributed by atoms with Gasteiger partial charge in [0.25, 0.3) is 11.9 Å². The van der Waals surface area contributed by atoms with Gasteiger partial charge in [0.2, 0.25) is 0 Å². The molecule has 7 nitrogen and oxygen atoms in total. The molecule has 0 aromatic carbocycles. The van der Waals surface area contributed by atoms with E-state index in [0.717, 1.165) is 11.3 Å². The van der Waals surface area contributed by atoms with Gasteiger partial charge in [-0.15, -0.1) is 5.10 Å². The molecule has 0 fully saturated rings. The highest BCUT2D eigenvalue weighted by Crippen LogP contribution is 2.05. The van der Waals surface area contributed by atoms with Crippen LogP contribution in [0.2, 0.25) is 0 Å². The summed E-state index contributed by atoms with van der Waals surface area (Å²) in [6.45, 7) is 1.92. The molecule has 2 aromatic rings. The van der Waals surface area contributed by atoms with E-state index < -0.39 is 0 Å². The zero-order valence-corrected chi connectivity index (χ0v) is 9.08. The second-order valence-corrected chi connectivity index (χ2v) is 3.26. The van der Waals surface area contributed by atoms with Crippen LogP contribution in [-0.2, 0) is 4.79 Å². The molecule has 17 heavy (non-hydrogen) atoms. The monoisotopic (exact) mass is 230 g/mol. The molecule has 0 aliphatic rings. The first-order chi connectivity index (χ1) is 8.25. The third-order valence-electron chi connectivity index (χ3n) is 2.02. The number of anilines is 1. The van der Waals surface area contributed by atoms with Crippen molar-refractivity contribution in [1.29, 1.82) is 0 Å². The van der Waals surface area contributed by atoms with E-state index in [0.29, 0.717) is 0 Å². The van der Waals surface area contributed by atoms with Crippen LogP contribution >= 0.6 is 0 Å². The Morgan fingerprint density at radius 1 is 1.53 bits per heavy atom. The predicted molar refractivity (Wildman–Crippen MR) is 60.8 cm³/mol. The quantitative estimate of drug-likeness (QED) is 0.751. The van der Waals surface area contributed by atoms with Crippen molar-refractivity contribution in [2.45, 2.75) is 6.92 Å². The number of amides is 1. The summed E-state index contributed by atoms with van der Waals surface area (Å²) >= 11 is 0. The smallest absolute Gasteiger partial charge is 0.270 e. The number of aromatic nitrogens is 5. The number of tetrazole rings is 1. The lowest BCUT2D eigenvalue weighted by Gasteiger charge is -1.97. The summed E-state index contributed by atoms with van der Waals surface area (Å²) in [5.74, 6) is -0.200. The summed E-state index contributed by atoms with van der Waals surface area (Å²) in [7, 11) is 0. The third kappa shape index (κ3) is 2.94. The van der Waals surface area contributed by atoms with E-state index in [9.17, 15) is 4.79 Å². The lowest BCUT2D eigenvalue weighted by Crippen LogP contribution is -2.09. The Morgan fingerprint density at radius 2 is 2.41 bits per heavy atom. The summed E-state index contributed by atoms with van der Waals surface area (Å²) in [5, 5.41) is 15.2. The molecule has 86 valence electrons. The average molecular weight is 230 g/mol. The number of hydrogen-bond acceptors (Lipinski definition) is 5. The van der Waals surface area contributed by atoms with Crippen molar-refractivity contribution in [1.82, 2.24) is 25.6 Å². The van der Waals surface area contributed by atoms with Gasteiger partial charge >= 0.3 is 0 Å². The van der Waals surface area contributed by atoms with Crippen LogP contribution in [0.25, 0.3) is 6.08 Å². The first-order valence-corrected chi connectivity index (χ1v) is 4.90. The largest absolute Gasteiger partial charge is 0.288 e. The third-order valence-corrected chi connectivity index (χ3v) is 2.02. The maximum absolute atomic E-state index is 11.4. The van der Waals surface area contributed by atoms with E-state index in [4.69, 9.17) is 0 Å². The van der Waals surface area contributed by atoms with Crippen molar-refractivity contribution in [2.75, 3.05) is 5.32 Å². The Labute approximate surface area is 97.0 Å². The standard InChI is InChI=1S/C10H10N6O/c1-7-3-2-6-11-8(7)4-5-9(17)12-10-13-15-16-14-10/h2-6H,1H3,(H2,12,13,14,15,16,17). The molecule has 0 spiro atoms. The Hall–Kier alpha value is -2.57. The number of carbonyl (C=O) groups excluding carboxylic acids is 1. The van der Waals surface area contributed by atoms with Crippen molar-refractivity contribution < 1.29 is 4.79 Å². The number of carbonyl (C=O) groups is 1. The molecule has 0 saturated carbocycles. The summed E-state index contributed by atoms with van der Waals surface area (Å²) in [6, 6.07) is 3.76. The van der Waals surface area contributed by atoms with E-state index in [-0.39, 0.29) is 11.9 Å². The number of aromatic amines is 1. The molecule has 7 heteroatoms. The second-order valence-electron chi connectivity index (χ2n) is 3.26. The number of rotatable bonds is 3. The fourth-order valence-corrected chi connectivity index (χ4v) is 1.19. The molecule has 0 unspecified atom stereocenters. The van der Waals surface area contributed by atoms with Crippen LogP contribution in [0.5, 0.6) is 0 Å². The maximum Gasteiger partial charge on any atom is 0.270 e. The van der Waals surface area contributed by atoms with E-state index in [2.05, 4.69) is 30.9 Å².